The lowest BCUT2D eigenvalue weighted by atomic mass is 10.2. The minimum absolute atomic E-state index is 0.0295. The third-order valence-electron chi connectivity index (χ3n) is 4.40. The summed E-state index contributed by atoms with van der Waals surface area (Å²) < 4.78 is 18.1. The lowest BCUT2D eigenvalue weighted by molar-refractivity contribution is -0.118. The second kappa shape index (κ2) is 7.83. The monoisotopic (exact) mass is 394 g/mol. The van der Waals surface area contributed by atoms with Crippen molar-refractivity contribution in [1.29, 1.82) is 0 Å². The molecule has 0 fully saturated rings. The topological polar surface area (TPSA) is 87.5 Å². The van der Waals surface area contributed by atoms with Crippen molar-refractivity contribution in [2.24, 2.45) is 5.92 Å². The number of nitrogens with one attached hydrogen (secondary N) is 1. The maximum atomic E-state index is 11.9. The molecular formula is C21H22N4O4. The third kappa shape index (κ3) is 3.87. The summed E-state index contributed by atoms with van der Waals surface area (Å²) in [6, 6.07) is 13.3. The highest BCUT2D eigenvalue weighted by molar-refractivity contribution is 5.92. The third-order valence-corrected chi connectivity index (χ3v) is 4.40. The van der Waals surface area contributed by atoms with E-state index in [1.165, 1.54) is 0 Å². The van der Waals surface area contributed by atoms with Crippen molar-refractivity contribution in [2.75, 3.05) is 18.7 Å². The maximum Gasteiger partial charge on any atom is 0.336 e. The van der Waals surface area contributed by atoms with Crippen LogP contribution in [0.2, 0.25) is 0 Å². The summed E-state index contributed by atoms with van der Waals surface area (Å²) in [7, 11) is 0. The zero-order valence-corrected chi connectivity index (χ0v) is 16.5. The van der Waals surface area contributed by atoms with Crippen LogP contribution >= 0.6 is 0 Å². The molecule has 1 aliphatic heterocycles. The first kappa shape index (κ1) is 18.8. The van der Waals surface area contributed by atoms with E-state index >= 15 is 0 Å². The molecule has 2 aromatic carbocycles. The molecule has 1 amide bonds. The molecule has 0 radical (unpaired) electrons. The summed E-state index contributed by atoms with van der Waals surface area (Å²) in [5.41, 5.74) is 2.34. The van der Waals surface area contributed by atoms with E-state index in [4.69, 9.17) is 14.2 Å². The van der Waals surface area contributed by atoms with Gasteiger partial charge in [-0.2, -0.15) is 4.98 Å². The largest absolute Gasteiger partial charge is 0.463 e. The van der Waals surface area contributed by atoms with Crippen molar-refractivity contribution in [2.45, 2.75) is 20.8 Å². The molecule has 1 aromatic heterocycles. The van der Waals surface area contributed by atoms with Gasteiger partial charge in [0.2, 0.25) is 12.7 Å². The van der Waals surface area contributed by atoms with Crippen LogP contribution in [0, 0.1) is 5.92 Å². The van der Waals surface area contributed by atoms with Crippen molar-refractivity contribution in [1.82, 2.24) is 14.8 Å². The number of hydrogen-bond acceptors (Lipinski definition) is 6. The predicted octanol–water partition coefficient (Wildman–Crippen LogP) is 3.66. The van der Waals surface area contributed by atoms with Crippen LogP contribution in [0.1, 0.15) is 20.8 Å². The van der Waals surface area contributed by atoms with E-state index < -0.39 is 0 Å². The van der Waals surface area contributed by atoms with E-state index in [9.17, 15) is 4.79 Å². The van der Waals surface area contributed by atoms with Gasteiger partial charge in [0.1, 0.15) is 0 Å². The first-order chi connectivity index (χ1) is 14.0. The number of rotatable bonds is 6. The predicted molar refractivity (Wildman–Crippen MR) is 108 cm³/mol. The average Bonchev–Trinajstić information content (AvgIpc) is 3.35. The van der Waals surface area contributed by atoms with E-state index in [1.54, 1.807) is 4.68 Å². The van der Waals surface area contributed by atoms with E-state index in [-0.39, 0.29) is 24.6 Å². The van der Waals surface area contributed by atoms with Crippen molar-refractivity contribution in [3.05, 3.63) is 42.5 Å². The molecule has 8 heteroatoms. The molecule has 29 heavy (non-hydrogen) atoms. The Hall–Kier alpha value is -3.55. The molecule has 0 saturated heterocycles. The molecule has 2 heterocycles. The number of fused-ring (bicyclic) bond motifs is 1. The quantitative estimate of drug-likeness (QED) is 0.687. The van der Waals surface area contributed by atoms with Gasteiger partial charge in [-0.15, -0.1) is 5.10 Å². The zero-order chi connectivity index (χ0) is 20.4. The number of carbonyl (C=O) groups excluding carboxylic acids is 1. The second-order valence-electron chi connectivity index (χ2n) is 6.82. The van der Waals surface area contributed by atoms with E-state index in [1.807, 2.05) is 63.2 Å². The SMILES string of the molecule is CCOc1nc(-c2ccc3c(c2)OCO3)n(-c2ccc(NC(=O)C(C)C)cc2)n1. The van der Waals surface area contributed by atoms with E-state index in [2.05, 4.69) is 15.4 Å². The van der Waals surface area contributed by atoms with Crippen LogP contribution in [0.5, 0.6) is 17.5 Å². The minimum Gasteiger partial charge on any atom is -0.463 e. The van der Waals surface area contributed by atoms with Gasteiger partial charge in [0.15, 0.2) is 17.3 Å². The van der Waals surface area contributed by atoms with Gasteiger partial charge >= 0.3 is 6.01 Å². The van der Waals surface area contributed by atoms with Crippen LogP contribution in [0.25, 0.3) is 17.1 Å². The molecule has 1 N–H and O–H groups in total. The van der Waals surface area contributed by atoms with E-state index in [0.29, 0.717) is 23.9 Å². The molecule has 0 atom stereocenters. The van der Waals surface area contributed by atoms with Crippen molar-refractivity contribution < 1.29 is 19.0 Å². The Kier molecular flexibility index (Phi) is 5.07. The highest BCUT2D eigenvalue weighted by Gasteiger charge is 2.19. The van der Waals surface area contributed by atoms with Gasteiger partial charge in [-0.05, 0) is 49.4 Å². The number of anilines is 1. The summed E-state index contributed by atoms with van der Waals surface area (Å²) in [6.45, 7) is 6.26. The number of carbonyl (C=O) groups is 1. The number of ether oxygens (including phenoxy) is 3. The van der Waals surface area contributed by atoms with Gasteiger partial charge in [-0.3, -0.25) is 4.79 Å². The van der Waals surface area contributed by atoms with Crippen LogP contribution in [-0.2, 0) is 4.79 Å². The fourth-order valence-corrected chi connectivity index (χ4v) is 2.86. The Balaban J connectivity index is 1.69. The van der Waals surface area contributed by atoms with Crippen LogP contribution in [0.15, 0.2) is 42.5 Å². The van der Waals surface area contributed by atoms with Crippen LogP contribution in [0.4, 0.5) is 5.69 Å². The molecule has 150 valence electrons. The summed E-state index contributed by atoms with van der Waals surface area (Å²) in [4.78, 5) is 16.4. The number of benzene rings is 2. The molecule has 3 aromatic rings. The smallest absolute Gasteiger partial charge is 0.336 e. The van der Waals surface area contributed by atoms with Crippen LogP contribution in [0.3, 0.4) is 0 Å². The Morgan fingerprint density at radius 1 is 1.17 bits per heavy atom. The lowest BCUT2D eigenvalue weighted by Crippen LogP contribution is -2.17. The van der Waals surface area contributed by atoms with Crippen molar-refractivity contribution in [3.63, 3.8) is 0 Å². The standard InChI is InChI=1S/C21H22N4O4/c1-4-27-21-23-19(14-5-10-17-18(11-14)29-12-28-17)25(24-21)16-8-6-15(7-9-16)22-20(26)13(2)3/h5-11,13H,4,12H2,1-3H3,(H,22,26). The Morgan fingerprint density at radius 2 is 1.93 bits per heavy atom. The first-order valence-electron chi connectivity index (χ1n) is 9.46. The fourth-order valence-electron chi connectivity index (χ4n) is 2.86. The molecule has 0 bridgehead atoms. The van der Waals surface area contributed by atoms with Crippen LogP contribution in [-0.4, -0.2) is 34.1 Å². The molecule has 0 saturated carbocycles. The Morgan fingerprint density at radius 3 is 2.66 bits per heavy atom. The summed E-state index contributed by atoms with van der Waals surface area (Å²) in [5, 5.41) is 7.36. The maximum absolute atomic E-state index is 11.9. The summed E-state index contributed by atoms with van der Waals surface area (Å²) in [6.07, 6.45) is 0. The lowest BCUT2D eigenvalue weighted by Gasteiger charge is -2.10. The second-order valence-corrected chi connectivity index (χ2v) is 6.82. The highest BCUT2D eigenvalue weighted by atomic mass is 16.7. The summed E-state index contributed by atoms with van der Waals surface area (Å²) in [5.74, 6) is 1.87. The molecule has 0 aliphatic carbocycles. The first-order valence-corrected chi connectivity index (χ1v) is 9.46. The number of nitrogens with zero attached hydrogens (tertiary/aromatic N) is 3. The minimum atomic E-state index is -0.0867. The fraction of sp³-hybridized carbons (Fsp3) is 0.286. The normalized spacial score (nSPS) is 12.3. The number of hydrogen-bond donors (Lipinski definition) is 1. The van der Waals surface area contributed by atoms with Gasteiger partial charge < -0.3 is 19.5 Å². The Bertz CT molecular complexity index is 1030. The molecule has 0 unspecified atom stereocenters. The molecule has 0 spiro atoms. The van der Waals surface area contributed by atoms with Crippen molar-refractivity contribution >= 4 is 11.6 Å². The van der Waals surface area contributed by atoms with Gasteiger partial charge in [-0.25, -0.2) is 4.68 Å². The highest BCUT2D eigenvalue weighted by Crippen LogP contribution is 2.36. The van der Waals surface area contributed by atoms with Gasteiger partial charge in [-0.1, -0.05) is 13.8 Å². The van der Waals surface area contributed by atoms with Gasteiger partial charge in [0.25, 0.3) is 0 Å². The van der Waals surface area contributed by atoms with E-state index in [0.717, 1.165) is 16.9 Å². The molecule has 8 nitrogen and oxygen atoms in total. The van der Waals surface area contributed by atoms with Gasteiger partial charge in [0, 0.05) is 17.2 Å². The molecule has 4 rings (SSSR count). The van der Waals surface area contributed by atoms with Crippen molar-refractivity contribution in [3.8, 4) is 34.6 Å². The Labute approximate surface area is 168 Å². The molecular weight excluding hydrogens is 372 g/mol. The zero-order valence-electron chi connectivity index (χ0n) is 16.5. The summed E-state index contributed by atoms with van der Waals surface area (Å²) >= 11 is 0. The molecule has 1 aliphatic rings. The van der Waals surface area contributed by atoms with Crippen LogP contribution < -0.4 is 19.5 Å². The number of aromatic nitrogens is 3. The number of amides is 1. The average molecular weight is 394 g/mol. The van der Waals surface area contributed by atoms with Gasteiger partial charge in [0.05, 0.1) is 12.3 Å².